The van der Waals surface area contributed by atoms with E-state index in [9.17, 15) is 8.78 Å². The largest absolute Gasteiger partial charge is 0.397 e. The predicted octanol–water partition coefficient (Wildman–Crippen LogP) is 2.69. The molecule has 1 aromatic rings. The van der Waals surface area contributed by atoms with Crippen molar-refractivity contribution in [2.45, 2.75) is 26.3 Å². The molecule has 1 aromatic carbocycles. The number of nitrogens with one attached hydrogen (secondary N) is 1. The van der Waals surface area contributed by atoms with Crippen LogP contribution in [0.5, 0.6) is 0 Å². The molecule has 0 amide bonds. The lowest BCUT2D eigenvalue weighted by molar-refractivity contribution is 0.273. The van der Waals surface area contributed by atoms with Crippen LogP contribution in [0.2, 0.25) is 0 Å². The molecule has 0 aromatic heterocycles. The average Bonchev–Trinajstić information content (AvgIpc) is 2.32. The molecule has 102 valence electrons. The number of benzene rings is 1. The monoisotopic (exact) mass is 257 g/mol. The van der Waals surface area contributed by atoms with Crippen LogP contribution in [0.3, 0.4) is 0 Å². The van der Waals surface area contributed by atoms with Crippen LogP contribution in [0.15, 0.2) is 12.1 Å². The van der Waals surface area contributed by atoms with Crippen molar-refractivity contribution in [2.24, 2.45) is 0 Å². The van der Waals surface area contributed by atoms with Crippen LogP contribution < -0.4 is 11.1 Å². The highest BCUT2D eigenvalue weighted by Gasteiger charge is 2.11. The van der Waals surface area contributed by atoms with Crippen LogP contribution in [0.25, 0.3) is 0 Å². The third-order valence-corrected chi connectivity index (χ3v) is 3.00. The third kappa shape index (κ3) is 3.84. The van der Waals surface area contributed by atoms with Gasteiger partial charge in [0, 0.05) is 12.6 Å². The molecule has 0 spiro atoms. The van der Waals surface area contributed by atoms with Gasteiger partial charge in [-0.2, -0.15) is 0 Å². The van der Waals surface area contributed by atoms with E-state index in [0.717, 1.165) is 19.0 Å². The first-order valence-corrected chi connectivity index (χ1v) is 6.11. The van der Waals surface area contributed by atoms with Gasteiger partial charge in [0.15, 0.2) is 11.6 Å². The van der Waals surface area contributed by atoms with Crippen molar-refractivity contribution in [3.63, 3.8) is 0 Å². The van der Waals surface area contributed by atoms with Crippen molar-refractivity contribution in [1.82, 2.24) is 4.90 Å². The number of halogens is 2. The van der Waals surface area contributed by atoms with Gasteiger partial charge in [-0.25, -0.2) is 8.78 Å². The summed E-state index contributed by atoms with van der Waals surface area (Å²) in [5.41, 5.74) is 5.89. The van der Waals surface area contributed by atoms with E-state index >= 15 is 0 Å². The SMILES string of the molecule is CC(C)N(C)CCCNc1c(N)ccc(F)c1F. The minimum Gasteiger partial charge on any atom is -0.397 e. The Morgan fingerprint density at radius 2 is 2.00 bits per heavy atom. The fraction of sp³-hybridized carbons (Fsp3) is 0.538. The highest BCUT2D eigenvalue weighted by molar-refractivity contribution is 5.66. The minimum absolute atomic E-state index is 0.0576. The Kier molecular flexibility index (Phi) is 5.34. The molecule has 0 saturated heterocycles. The number of hydrogen-bond donors (Lipinski definition) is 2. The van der Waals surface area contributed by atoms with Crippen molar-refractivity contribution in [3.8, 4) is 0 Å². The molecular formula is C13H21F2N3. The molecule has 0 bridgehead atoms. The van der Waals surface area contributed by atoms with E-state index in [-0.39, 0.29) is 11.4 Å². The second-order valence-electron chi connectivity index (χ2n) is 4.68. The Balaban J connectivity index is 2.47. The van der Waals surface area contributed by atoms with E-state index in [1.54, 1.807) is 0 Å². The normalized spacial score (nSPS) is 11.3. The molecule has 3 N–H and O–H groups in total. The molecule has 0 heterocycles. The molecule has 5 heteroatoms. The van der Waals surface area contributed by atoms with Crippen molar-refractivity contribution in [1.29, 1.82) is 0 Å². The van der Waals surface area contributed by atoms with Crippen molar-refractivity contribution < 1.29 is 8.78 Å². The van der Waals surface area contributed by atoms with Gasteiger partial charge in [-0.05, 0) is 46.0 Å². The van der Waals surface area contributed by atoms with E-state index in [1.807, 2.05) is 7.05 Å². The quantitative estimate of drug-likeness (QED) is 0.608. The molecule has 3 nitrogen and oxygen atoms in total. The number of nitrogen functional groups attached to an aromatic ring is 1. The predicted molar refractivity (Wildman–Crippen MR) is 71.6 cm³/mol. The summed E-state index contributed by atoms with van der Waals surface area (Å²) in [7, 11) is 2.03. The lowest BCUT2D eigenvalue weighted by Crippen LogP contribution is -2.28. The fourth-order valence-electron chi connectivity index (χ4n) is 1.55. The maximum Gasteiger partial charge on any atom is 0.183 e. The van der Waals surface area contributed by atoms with Gasteiger partial charge in [-0.15, -0.1) is 0 Å². The van der Waals surface area contributed by atoms with Crippen molar-refractivity contribution in [2.75, 3.05) is 31.2 Å². The Labute approximate surface area is 107 Å². The van der Waals surface area contributed by atoms with Gasteiger partial charge in [-0.1, -0.05) is 0 Å². The van der Waals surface area contributed by atoms with E-state index < -0.39 is 11.6 Å². The summed E-state index contributed by atoms with van der Waals surface area (Å²) in [4.78, 5) is 2.19. The van der Waals surface area contributed by atoms with Crippen LogP contribution in [-0.2, 0) is 0 Å². The summed E-state index contributed by atoms with van der Waals surface area (Å²) in [6, 6.07) is 2.87. The van der Waals surface area contributed by atoms with Crippen LogP contribution in [-0.4, -0.2) is 31.1 Å². The molecule has 0 aliphatic rings. The molecule has 0 fully saturated rings. The topological polar surface area (TPSA) is 41.3 Å². The van der Waals surface area contributed by atoms with Crippen molar-refractivity contribution >= 4 is 11.4 Å². The molecule has 0 unspecified atom stereocenters. The molecule has 18 heavy (non-hydrogen) atoms. The number of nitrogens with two attached hydrogens (primary N) is 1. The van der Waals surface area contributed by atoms with Crippen LogP contribution in [0.1, 0.15) is 20.3 Å². The minimum atomic E-state index is -0.910. The van der Waals surface area contributed by atoms with E-state index in [1.165, 1.54) is 6.07 Å². The molecule has 0 radical (unpaired) electrons. The maximum absolute atomic E-state index is 13.4. The maximum atomic E-state index is 13.4. The first-order chi connectivity index (χ1) is 8.43. The molecular weight excluding hydrogens is 236 g/mol. The smallest absolute Gasteiger partial charge is 0.183 e. The number of nitrogens with zero attached hydrogens (tertiary/aromatic N) is 1. The summed E-state index contributed by atoms with van der Waals surface area (Å²) in [6.07, 6.45) is 0.837. The molecule has 1 rings (SSSR count). The molecule has 0 atom stereocenters. The summed E-state index contributed by atoms with van der Waals surface area (Å²) in [5, 5.41) is 2.85. The Morgan fingerprint density at radius 1 is 1.33 bits per heavy atom. The Morgan fingerprint density at radius 3 is 2.61 bits per heavy atom. The molecule has 0 saturated carbocycles. The second-order valence-corrected chi connectivity index (χ2v) is 4.68. The third-order valence-electron chi connectivity index (χ3n) is 3.00. The zero-order valence-electron chi connectivity index (χ0n) is 11.1. The average molecular weight is 257 g/mol. The van der Waals surface area contributed by atoms with Gasteiger partial charge in [0.05, 0.1) is 11.4 Å². The van der Waals surface area contributed by atoms with Gasteiger partial charge in [0.1, 0.15) is 0 Å². The van der Waals surface area contributed by atoms with Gasteiger partial charge in [0.2, 0.25) is 0 Å². The lowest BCUT2D eigenvalue weighted by atomic mass is 10.2. The second kappa shape index (κ2) is 6.54. The number of anilines is 2. The first kappa shape index (κ1) is 14.7. The van der Waals surface area contributed by atoms with Crippen LogP contribution in [0.4, 0.5) is 20.2 Å². The van der Waals surface area contributed by atoms with Crippen LogP contribution >= 0.6 is 0 Å². The number of rotatable bonds is 6. The summed E-state index contributed by atoms with van der Waals surface area (Å²) in [6.45, 7) is 5.67. The first-order valence-electron chi connectivity index (χ1n) is 6.11. The Bertz CT molecular complexity index is 394. The number of hydrogen-bond acceptors (Lipinski definition) is 3. The lowest BCUT2D eigenvalue weighted by Gasteiger charge is -2.21. The van der Waals surface area contributed by atoms with Crippen molar-refractivity contribution in [3.05, 3.63) is 23.8 Å². The highest BCUT2D eigenvalue weighted by atomic mass is 19.2. The highest BCUT2D eigenvalue weighted by Crippen LogP contribution is 2.24. The van der Waals surface area contributed by atoms with Gasteiger partial charge < -0.3 is 16.0 Å². The summed E-state index contributed by atoms with van der Waals surface area (Å²) >= 11 is 0. The Hall–Kier alpha value is -1.36. The summed E-state index contributed by atoms with van der Waals surface area (Å²) in [5.74, 6) is -1.79. The zero-order valence-corrected chi connectivity index (χ0v) is 11.1. The van der Waals surface area contributed by atoms with Gasteiger partial charge >= 0.3 is 0 Å². The van der Waals surface area contributed by atoms with Crippen LogP contribution in [0, 0.1) is 11.6 Å². The van der Waals surface area contributed by atoms with E-state index in [2.05, 4.69) is 24.1 Å². The fourth-order valence-corrected chi connectivity index (χ4v) is 1.55. The standard InChI is InChI=1S/C13H21F2N3/c1-9(2)18(3)8-4-7-17-13-11(16)6-5-10(14)12(13)15/h5-6,9,17H,4,7-8,16H2,1-3H3. The van der Waals surface area contributed by atoms with E-state index in [4.69, 9.17) is 5.73 Å². The molecule has 0 aliphatic carbocycles. The van der Waals surface area contributed by atoms with Gasteiger partial charge in [-0.3, -0.25) is 0 Å². The summed E-state index contributed by atoms with van der Waals surface area (Å²) < 4.78 is 26.5. The van der Waals surface area contributed by atoms with E-state index in [0.29, 0.717) is 12.6 Å². The molecule has 0 aliphatic heterocycles. The van der Waals surface area contributed by atoms with Gasteiger partial charge in [0.25, 0.3) is 0 Å². The zero-order chi connectivity index (χ0) is 13.7.